The van der Waals surface area contributed by atoms with Gasteiger partial charge in [0.25, 0.3) is 0 Å². The fourth-order valence-corrected chi connectivity index (χ4v) is 3.49. The van der Waals surface area contributed by atoms with Crippen LogP contribution in [-0.4, -0.2) is 60.4 Å². The van der Waals surface area contributed by atoms with E-state index in [1.807, 2.05) is 23.1 Å². The number of rotatable bonds is 3. The summed E-state index contributed by atoms with van der Waals surface area (Å²) in [7, 11) is 2.06. The first-order valence-electron chi connectivity index (χ1n) is 7.93. The van der Waals surface area contributed by atoms with Crippen LogP contribution in [0.3, 0.4) is 0 Å². The van der Waals surface area contributed by atoms with Crippen LogP contribution in [0.1, 0.15) is 18.4 Å². The van der Waals surface area contributed by atoms with Crippen molar-refractivity contribution in [1.29, 1.82) is 0 Å². The maximum atomic E-state index is 12.5. The highest BCUT2D eigenvalue weighted by Crippen LogP contribution is 2.31. The van der Waals surface area contributed by atoms with Crippen LogP contribution >= 0.6 is 0 Å². The Hall–Kier alpha value is -1.88. The number of piperazine rings is 1. The van der Waals surface area contributed by atoms with Gasteiger partial charge in [-0.1, -0.05) is 30.3 Å². The molecular formula is C17H23N3O2. The molecule has 0 aliphatic carbocycles. The second-order valence-corrected chi connectivity index (χ2v) is 6.30. The van der Waals surface area contributed by atoms with Gasteiger partial charge in [-0.2, -0.15) is 0 Å². The van der Waals surface area contributed by atoms with Gasteiger partial charge < -0.3 is 15.1 Å². The molecule has 1 aromatic carbocycles. The number of carbonyl (C=O) groups is 2. The Morgan fingerprint density at radius 2 is 1.82 bits per heavy atom. The van der Waals surface area contributed by atoms with Crippen LogP contribution in [0.2, 0.25) is 0 Å². The van der Waals surface area contributed by atoms with Crippen molar-refractivity contribution in [1.82, 2.24) is 15.1 Å². The molecule has 3 rings (SSSR count). The normalized spacial score (nSPS) is 22.0. The molecule has 1 N–H and O–H groups in total. The molecule has 2 amide bonds. The first kappa shape index (κ1) is 15.0. The van der Waals surface area contributed by atoms with E-state index in [-0.39, 0.29) is 18.4 Å². The Morgan fingerprint density at radius 3 is 2.50 bits per heavy atom. The van der Waals surface area contributed by atoms with E-state index in [0.717, 1.165) is 32.4 Å². The smallest absolute Gasteiger partial charge is 0.246 e. The van der Waals surface area contributed by atoms with Crippen molar-refractivity contribution in [3.05, 3.63) is 35.9 Å². The Labute approximate surface area is 131 Å². The predicted molar refractivity (Wildman–Crippen MR) is 84.3 cm³/mol. The Bertz CT molecular complexity index is 550. The van der Waals surface area contributed by atoms with Gasteiger partial charge in [0.1, 0.15) is 5.54 Å². The molecule has 5 nitrogen and oxygen atoms in total. The van der Waals surface area contributed by atoms with E-state index < -0.39 is 5.54 Å². The van der Waals surface area contributed by atoms with Crippen molar-refractivity contribution in [2.45, 2.75) is 24.8 Å². The lowest BCUT2D eigenvalue weighted by molar-refractivity contribution is -0.157. The molecule has 22 heavy (non-hydrogen) atoms. The monoisotopic (exact) mass is 301 g/mol. The van der Waals surface area contributed by atoms with E-state index in [0.29, 0.717) is 6.54 Å². The number of hydrogen-bond acceptors (Lipinski definition) is 3. The second kappa shape index (κ2) is 6.08. The summed E-state index contributed by atoms with van der Waals surface area (Å²) in [6, 6.07) is 10.1. The van der Waals surface area contributed by atoms with Crippen LogP contribution < -0.4 is 5.32 Å². The van der Waals surface area contributed by atoms with Gasteiger partial charge >= 0.3 is 0 Å². The number of piperidine rings is 1. The molecule has 0 aromatic heterocycles. The van der Waals surface area contributed by atoms with Crippen LogP contribution in [0.4, 0.5) is 0 Å². The molecule has 2 heterocycles. The maximum Gasteiger partial charge on any atom is 0.246 e. The molecule has 1 spiro atoms. The van der Waals surface area contributed by atoms with Crippen molar-refractivity contribution < 1.29 is 9.59 Å². The highest BCUT2D eigenvalue weighted by atomic mass is 16.2. The third kappa shape index (κ3) is 2.73. The quantitative estimate of drug-likeness (QED) is 0.892. The van der Waals surface area contributed by atoms with E-state index in [4.69, 9.17) is 0 Å². The molecule has 0 radical (unpaired) electrons. The van der Waals surface area contributed by atoms with Crippen LogP contribution in [0.15, 0.2) is 30.3 Å². The second-order valence-electron chi connectivity index (χ2n) is 6.30. The molecule has 0 bridgehead atoms. The van der Waals surface area contributed by atoms with Gasteiger partial charge in [-0.25, -0.2) is 0 Å². The summed E-state index contributed by atoms with van der Waals surface area (Å²) >= 11 is 0. The van der Waals surface area contributed by atoms with Gasteiger partial charge in [0, 0.05) is 19.6 Å². The van der Waals surface area contributed by atoms with Crippen molar-refractivity contribution in [3.8, 4) is 0 Å². The molecule has 5 heteroatoms. The Kier molecular flexibility index (Phi) is 4.16. The van der Waals surface area contributed by atoms with Crippen molar-refractivity contribution in [3.63, 3.8) is 0 Å². The number of hydrogen-bond donors (Lipinski definition) is 1. The zero-order valence-electron chi connectivity index (χ0n) is 13.0. The van der Waals surface area contributed by atoms with Gasteiger partial charge in [-0.05, 0) is 31.9 Å². The zero-order chi connectivity index (χ0) is 15.6. The van der Waals surface area contributed by atoms with E-state index in [9.17, 15) is 9.59 Å². The first-order valence-corrected chi connectivity index (χ1v) is 7.93. The van der Waals surface area contributed by atoms with E-state index in [1.54, 1.807) is 0 Å². The van der Waals surface area contributed by atoms with Crippen molar-refractivity contribution in [2.75, 3.05) is 33.2 Å². The molecule has 2 aliphatic rings. The summed E-state index contributed by atoms with van der Waals surface area (Å²) in [4.78, 5) is 29.0. The molecule has 1 aromatic rings. The van der Waals surface area contributed by atoms with Gasteiger partial charge in [-0.3, -0.25) is 9.59 Å². The van der Waals surface area contributed by atoms with Crippen LogP contribution in [-0.2, 0) is 16.0 Å². The number of likely N-dealkylation sites (tertiary alicyclic amines) is 1. The van der Waals surface area contributed by atoms with Gasteiger partial charge in [0.15, 0.2) is 0 Å². The molecule has 118 valence electrons. The van der Waals surface area contributed by atoms with Crippen LogP contribution in [0.25, 0.3) is 0 Å². The van der Waals surface area contributed by atoms with Crippen LogP contribution in [0.5, 0.6) is 0 Å². The zero-order valence-corrected chi connectivity index (χ0v) is 13.0. The highest BCUT2D eigenvalue weighted by Gasteiger charge is 2.50. The fourth-order valence-electron chi connectivity index (χ4n) is 3.49. The van der Waals surface area contributed by atoms with Gasteiger partial charge in [-0.15, -0.1) is 0 Å². The number of nitrogens with zero attached hydrogens (tertiary/aromatic N) is 2. The molecule has 2 aliphatic heterocycles. The topological polar surface area (TPSA) is 52.7 Å². The minimum atomic E-state index is -0.642. The van der Waals surface area contributed by atoms with Crippen LogP contribution in [0, 0.1) is 0 Å². The highest BCUT2D eigenvalue weighted by molar-refractivity contribution is 5.98. The third-order valence-electron chi connectivity index (χ3n) is 4.92. The van der Waals surface area contributed by atoms with Crippen molar-refractivity contribution in [2.24, 2.45) is 0 Å². The van der Waals surface area contributed by atoms with Crippen molar-refractivity contribution >= 4 is 11.8 Å². The largest absolute Gasteiger partial charge is 0.345 e. The number of amides is 2. The predicted octanol–water partition coefficient (Wildman–Crippen LogP) is 0.652. The van der Waals surface area contributed by atoms with Gasteiger partial charge in [0.05, 0.1) is 6.54 Å². The number of benzene rings is 1. The lowest BCUT2D eigenvalue weighted by Crippen LogP contribution is -2.70. The molecule has 2 fully saturated rings. The molecule has 0 saturated carbocycles. The van der Waals surface area contributed by atoms with E-state index in [2.05, 4.69) is 29.4 Å². The number of carbonyl (C=O) groups excluding carboxylic acids is 2. The average molecular weight is 301 g/mol. The molecule has 2 saturated heterocycles. The SMILES string of the molecule is CN1CCC2(CC1)C(=O)NCC(=O)N2CCc1ccccc1. The lowest BCUT2D eigenvalue weighted by Gasteiger charge is -2.49. The summed E-state index contributed by atoms with van der Waals surface area (Å²) in [5.74, 6) is 0.0633. The lowest BCUT2D eigenvalue weighted by atomic mass is 9.83. The minimum absolute atomic E-state index is 0.0215. The Balaban J connectivity index is 1.78. The van der Waals surface area contributed by atoms with E-state index in [1.165, 1.54) is 5.56 Å². The summed E-state index contributed by atoms with van der Waals surface area (Å²) < 4.78 is 0. The summed E-state index contributed by atoms with van der Waals surface area (Å²) in [6.07, 6.45) is 2.23. The average Bonchev–Trinajstić information content (AvgIpc) is 2.54. The maximum absolute atomic E-state index is 12.5. The number of nitrogens with one attached hydrogen (secondary N) is 1. The van der Waals surface area contributed by atoms with Gasteiger partial charge in [0.2, 0.25) is 11.8 Å². The molecular weight excluding hydrogens is 278 g/mol. The third-order valence-corrected chi connectivity index (χ3v) is 4.92. The minimum Gasteiger partial charge on any atom is -0.345 e. The Morgan fingerprint density at radius 1 is 1.14 bits per heavy atom. The summed E-state index contributed by atoms with van der Waals surface area (Å²) in [6.45, 7) is 2.44. The fraction of sp³-hybridized carbons (Fsp3) is 0.529. The molecule has 0 atom stereocenters. The van der Waals surface area contributed by atoms with E-state index >= 15 is 0 Å². The standard InChI is InChI=1S/C17H23N3O2/c1-19-11-8-17(9-12-19)16(22)18-13-15(21)20(17)10-7-14-5-3-2-4-6-14/h2-6H,7-13H2,1H3,(H,18,22). The first-order chi connectivity index (χ1) is 10.6. The molecule has 0 unspecified atom stereocenters. The summed E-state index contributed by atoms with van der Waals surface area (Å²) in [5, 5.41) is 2.79. The summed E-state index contributed by atoms with van der Waals surface area (Å²) in [5.41, 5.74) is 0.556.